The molecule has 5 heteroatoms. The van der Waals surface area contributed by atoms with Crippen LogP contribution in [0.1, 0.15) is 54.9 Å². The second kappa shape index (κ2) is 9.06. The van der Waals surface area contributed by atoms with Gasteiger partial charge in [0.05, 0.1) is 12.3 Å². The summed E-state index contributed by atoms with van der Waals surface area (Å²) in [6.07, 6.45) is 2.66. The van der Waals surface area contributed by atoms with Crippen molar-refractivity contribution in [3.63, 3.8) is 0 Å². The zero-order chi connectivity index (χ0) is 18.2. The van der Waals surface area contributed by atoms with E-state index in [-0.39, 0.29) is 42.5 Å². The molecule has 2 N–H and O–H groups in total. The molecule has 0 fully saturated rings. The van der Waals surface area contributed by atoms with Crippen LogP contribution in [-0.4, -0.2) is 18.4 Å². The Kier molecular flexibility index (Phi) is 6.81. The van der Waals surface area contributed by atoms with E-state index in [4.69, 9.17) is 4.42 Å². The Morgan fingerprint density at radius 1 is 1.12 bits per heavy atom. The lowest BCUT2D eigenvalue weighted by molar-refractivity contribution is -0.122. The Hall–Kier alpha value is -2.56. The fourth-order valence-electron chi connectivity index (χ4n) is 2.63. The van der Waals surface area contributed by atoms with Crippen molar-refractivity contribution in [2.45, 2.75) is 39.7 Å². The number of carbonyl (C=O) groups is 2. The zero-order valence-electron chi connectivity index (χ0n) is 15.0. The van der Waals surface area contributed by atoms with Gasteiger partial charge in [0.1, 0.15) is 0 Å². The van der Waals surface area contributed by atoms with Gasteiger partial charge in [-0.15, -0.1) is 0 Å². The number of rotatable bonds is 8. The van der Waals surface area contributed by atoms with Gasteiger partial charge >= 0.3 is 0 Å². The molecule has 134 valence electrons. The topological polar surface area (TPSA) is 71.3 Å². The van der Waals surface area contributed by atoms with Crippen molar-refractivity contribution in [3.05, 3.63) is 59.5 Å². The molecule has 0 aliphatic heterocycles. The van der Waals surface area contributed by atoms with E-state index in [1.54, 1.807) is 12.1 Å². The highest BCUT2D eigenvalue weighted by Crippen LogP contribution is 2.22. The first-order chi connectivity index (χ1) is 12.0. The third-order valence-electron chi connectivity index (χ3n) is 4.11. The second-order valence-electron chi connectivity index (χ2n) is 6.37. The van der Waals surface area contributed by atoms with Crippen LogP contribution in [0.2, 0.25) is 0 Å². The molecule has 1 aromatic heterocycles. The molecule has 0 radical (unpaired) electrons. The van der Waals surface area contributed by atoms with E-state index in [2.05, 4.69) is 55.7 Å². The highest BCUT2D eigenvalue weighted by Gasteiger charge is 2.18. The van der Waals surface area contributed by atoms with E-state index < -0.39 is 0 Å². The van der Waals surface area contributed by atoms with E-state index in [9.17, 15) is 9.59 Å². The molecule has 2 rings (SSSR count). The Morgan fingerprint density at radius 2 is 1.84 bits per heavy atom. The number of aryl methyl sites for hydroxylation is 1. The van der Waals surface area contributed by atoms with Gasteiger partial charge in [-0.25, -0.2) is 0 Å². The molecule has 0 aliphatic carbocycles. The number of furan rings is 1. The second-order valence-corrected chi connectivity index (χ2v) is 6.37. The standard InChI is InChI=1S/C20H26N2O3/c1-4-15-7-9-16(10-8-15)19(14(2)3)22-18(23)11-12-21-20(24)17-6-5-13-25-17/h5-10,13-14,19H,4,11-12H2,1-3H3,(H,21,24)(H,22,23). The summed E-state index contributed by atoms with van der Waals surface area (Å²) in [6, 6.07) is 11.5. The number of hydrogen-bond donors (Lipinski definition) is 2. The zero-order valence-corrected chi connectivity index (χ0v) is 15.0. The Labute approximate surface area is 148 Å². The fraction of sp³-hybridized carbons (Fsp3) is 0.400. The molecule has 0 spiro atoms. The summed E-state index contributed by atoms with van der Waals surface area (Å²) in [6.45, 7) is 6.55. The van der Waals surface area contributed by atoms with Gasteiger partial charge in [-0.3, -0.25) is 9.59 Å². The molecule has 0 bridgehead atoms. The quantitative estimate of drug-likeness (QED) is 0.771. The molecule has 1 unspecified atom stereocenters. The first-order valence-electron chi connectivity index (χ1n) is 8.71. The third kappa shape index (κ3) is 5.48. The van der Waals surface area contributed by atoms with Crippen LogP contribution >= 0.6 is 0 Å². The lowest BCUT2D eigenvalue weighted by Crippen LogP contribution is -2.34. The first kappa shape index (κ1) is 18.8. The van der Waals surface area contributed by atoms with Crippen LogP contribution in [-0.2, 0) is 11.2 Å². The summed E-state index contributed by atoms with van der Waals surface area (Å²) in [4.78, 5) is 24.0. The predicted octanol–water partition coefficient (Wildman–Crippen LogP) is 3.48. The van der Waals surface area contributed by atoms with Crippen LogP contribution in [0.4, 0.5) is 0 Å². The van der Waals surface area contributed by atoms with E-state index >= 15 is 0 Å². The third-order valence-corrected chi connectivity index (χ3v) is 4.11. The summed E-state index contributed by atoms with van der Waals surface area (Å²) >= 11 is 0. The number of benzene rings is 1. The monoisotopic (exact) mass is 342 g/mol. The molecule has 2 aromatic rings. The van der Waals surface area contributed by atoms with Crippen LogP contribution in [0.25, 0.3) is 0 Å². The molecule has 25 heavy (non-hydrogen) atoms. The van der Waals surface area contributed by atoms with Crippen LogP contribution in [0.3, 0.4) is 0 Å². The minimum atomic E-state index is -0.312. The van der Waals surface area contributed by atoms with Crippen LogP contribution in [0, 0.1) is 5.92 Å². The molecule has 1 atom stereocenters. The van der Waals surface area contributed by atoms with Crippen molar-refractivity contribution in [1.82, 2.24) is 10.6 Å². The van der Waals surface area contributed by atoms with E-state index in [0.29, 0.717) is 0 Å². The first-order valence-corrected chi connectivity index (χ1v) is 8.71. The maximum Gasteiger partial charge on any atom is 0.286 e. The van der Waals surface area contributed by atoms with Gasteiger partial charge in [0.15, 0.2) is 5.76 Å². The van der Waals surface area contributed by atoms with Gasteiger partial charge in [-0.05, 0) is 35.6 Å². The van der Waals surface area contributed by atoms with Crippen LogP contribution < -0.4 is 10.6 Å². The minimum absolute atomic E-state index is 0.0424. The maximum atomic E-state index is 12.2. The molecule has 2 amide bonds. The van der Waals surface area contributed by atoms with Gasteiger partial charge in [-0.2, -0.15) is 0 Å². The molecule has 0 aliphatic rings. The highest BCUT2D eigenvalue weighted by molar-refractivity contribution is 5.91. The van der Waals surface area contributed by atoms with Gasteiger partial charge in [0.2, 0.25) is 5.91 Å². The lowest BCUT2D eigenvalue weighted by Gasteiger charge is -2.23. The summed E-state index contributed by atoms with van der Waals surface area (Å²) in [7, 11) is 0. The molecule has 1 aromatic carbocycles. The van der Waals surface area contributed by atoms with Crippen molar-refractivity contribution in [1.29, 1.82) is 0 Å². The summed E-state index contributed by atoms with van der Waals surface area (Å²) in [5.74, 6) is 0.122. The molecular formula is C20H26N2O3. The summed E-state index contributed by atoms with van der Waals surface area (Å²) in [5.41, 5.74) is 2.37. The van der Waals surface area contributed by atoms with Crippen molar-refractivity contribution in [3.8, 4) is 0 Å². The van der Waals surface area contributed by atoms with Gasteiger partial charge < -0.3 is 15.1 Å². The predicted molar refractivity (Wildman–Crippen MR) is 97.2 cm³/mol. The van der Waals surface area contributed by atoms with Crippen molar-refractivity contribution in [2.75, 3.05) is 6.54 Å². The molecule has 1 heterocycles. The minimum Gasteiger partial charge on any atom is -0.459 e. The van der Waals surface area contributed by atoms with Gasteiger partial charge in [0, 0.05) is 13.0 Å². The van der Waals surface area contributed by atoms with Crippen LogP contribution in [0.5, 0.6) is 0 Å². The van der Waals surface area contributed by atoms with Crippen molar-refractivity contribution < 1.29 is 14.0 Å². The number of hydrogen-bond acceptors (Lipinski definition) is 3. The average Bonchev–Trinajstić information content (AvgIpc) is 3.14. The molecule has 0 saturated carbocycles. The largest absolute Gasteiger partial charge is 0.459 e. The molecule has 0 saturated heterocycles. The number of nitrogens with one attached hydrogen (secondary N) is 2. The SMILES string of the molecule is CCc1ccc(C(NC(=O)CCNC(=O)c2ccco2)C(C)C)cc1. The maximum absolute atomic E-state index is 12.2. The normalized spacial score (nSPS) is 12.0. The Bertz CT molecular complexity index is 675. The van der Waals surface area contributed by atoms with Crippen molar-refractivity contribution in [2.24, 2.45) is 5.92 Å². The smallest absolute Gasteiger partial charge is 0.286 e. The summed E-state index contributed by atoms with van der Waals surface area (Å²) < 4.78 is 5.01. The van der Waals surface area contributed by atoms with E-state index in [1.165, 1.54) is 11.8 Å². The Balaban J connectivity index is 1.86. The lowest BCUT2D eigenvalue weighted by atomic mass is 9.94. The van der Waals surface area contributed by atoms with E-state index in [0.717, 1.165) is 12.0 Å². The Morgan fingerprint density at radius 3 is 2.40 bits per heavy atom. The van der Waals surface area contributed by atoms with E-state index in [1.807, 2.05) is 0 Å². The molecular weight excluding hydrogens is 316 g/mol. The fourth-order valence-corrected chi connectivity index (χ4v) is 2.63. The highest BCUT2D eigenvalue weighted by atomic mass is 16.3. The average molecular weight is 342 g/mol. The summed E-state index contributed by atoms with van der Waals surface area (Å²) in [5, 5.41) is 5.74. The molecule has 5 nitrogen and oxygen atoms in total. The number of amides is 2. The van der Waals surface area contributed by atoms with Crippen molar-refractivity contribution >= 4 is 11.8 Å². The van der Waals surface area contributed by atoms with Gasteiger partial charge in [-0.1, -0.05) is 45.0 Å². The van der Waals surface area contributed by atoms with Crippen LogP contribution in [0.15, 0.2) is 47.1 Å². The van der Waals surface area contributed by atoms with Gasteiger partial charge in [0.25, 0.3) is 5.91 Å². The number of carbonyl (C=O) groups excluding carboxylic acids is 2.